The second-order valence-electron chi connectivity index (χ2n) is 6.09. The number of hydrogen-bond acceptors (Lipinski definition) is 4. The summed E-state index contributed by atoms with van der Waals surface area (Å²) in [7, 11) is 0. The molecule has 0 radical (unpaired) electrons. The molecule has 0 bridgehead atoms. The van der Waals surface area contributed by atoms with Crippen LogP contribution in [0.4, 0.5) is 0 Å². The first-order valence-electron chi connectivity index (χ1n) is 7.59. The van der Waals surface area contributed by atoms with Gasteiger partial charge < -0.3 is 15.0 Å². The van der Waals surface area contributed by atoms with E-state index in [1.807, 2.05) is 0 Å². The Hall–Kier alpha value is -0.650. The molecule has 1 amide bonds. The molecule has 3 unspecified atom stereocenters. The molecule has 19 heavy (non-hydrogen) atoms. The number of ether oxygens (including phenoxy) is 1. The standard InChI is InChI=1S/C14H25N3O2/c1-11-9-17(14(18)12-3-2-4-15-12)10-13(11)16-5-7-19-8-6-16/h11-13,15H,2-10H2,1H3. The summed E-state index contributed by atoms with van der Waals surface area (Å²) in [5.41, 5.74) is 0. The Morgan fingerprint density at radius 3 is 2.74 bits per heavy atom. The van der Waals surface area contributed by atoms with Crippen LogP contribution in [-0.4, -0.2) is 73.7 Å². The fourth-order valence-corrected chi connectivity index (χ4v) is 3.63. The number of rotatable bonds is 2. The van der Waals surface area contributed by atoms with Crippen LogP contribution >= 0.6 is 0 Å². The van der Waals surface area contributed by atoms with Gasteiger partial charge in [0.05, 0.1) is 19.3 Å². The molecule has 5 heteroatoms. The lowest BCUT2D eigenvalue weighted by molar-refractivity contribution is -0.132. The molecule has 3 fully saturated rings. The Morgan fingerprint density at radius 2 is 2.05 bits per heavy atom. The number of carbonyl (C=O) groups excluding carboxylic acids is 1. The van der Waals surface area contributed by atoms with Gasteiger partial charge in [0.15, 0.2) is 0 Å². The van der Waals surface area contributed by atoms with E-state index in [4.69, 9.17) is 4.74 Å². The number of nitrogens with one attached hydrogen (secondary N) is 1. The normalized spacial score (nSPS) is 36.9. The minimum atomic E-state index is 0.0793. The molecule has 5 nitrogen and oxygen atoms in total. The van der Waals surface area contributed by atoms with Crippen molar-refractivity contribution in [3.63, 3.8) is 0 Å². The highest BCUT2D eigenvalue weighted by atomic mass is 16.5. The van der Waals surface area contributed by atoms with Gasteiger partial charge >= 0.3 is 0 Å². The topological polar surface area (TPSA) is 44.8 Å². The Balaban J connectivity index is 1.59. The van der Waals surface area contributed by atoms with Crippen LogP contribution in [-0.2, 0) is 9.53 Å². The van der Waals surface area contributed by atoms with Gasteiger partial charge in [-0.05, 0) is 25.3 Å². The molecule has 3 saturated heterocycles. The largest absolute Gasteiger partial charge is 0.379 e. The van der Waals surface area contributed by atoms with Gasteiger partial charge in [-0.2, -0.15) is 0 Å². The maximum Gasteiger partial charge on any atom is 0.239 e. The lowest BCUT2D eigenvalue weighted by Crippen LogP contribution is -2.48. The van der Waals surface area contributed by atoms with Crippen LogP contribution in [0.5, 0.6) is 0 Å². The van der Waals surface area contributed by atoms with Crippen molar-refractivity contribution in [3.05, 3.63) is 0 Å². The van der Waals surface area contributed by atoms with Crippen LogP contribution in [0, 0.1) is 5.92 Å². The van der Waals surface area contributed by atoms with Gasteiger partial charge in [-0.1, -0.05) is 6.92 Å². The predicted octanol–water partition coefficient (Wildman–Crippen LogP) is -0.0825. The number of morpholine rings is 1. The molecular formula is C14H25N3O2. The number of likely N-dealkylation sites (tertiary alicyclic amines) is 1. The summed E-state index contributed by atoms with van der Waals surface area (Å²) < 4.78 is 5.42. The Morgan fingerprint density at radius 1 is 1.26 bits per heavy atom. The number of hydrogen-bond donors (Lipinski definition) is 1. The highest BCUT2D eigenvalue weighted by molar-refractivity contribution is 5.82. The average molecular weight is 267 g/mol. The molecule has 0 saturated carbocycles. The van der Waals surface area contributed by atoms with E-state index in [9.17, 15) is 4.79 Å². The van der Waals surface area contributed by atoms with Crippen molar-refractivity contribution in [1.29, 1.82) is 0 Å². The molecular weight excluding hydrogens is 242 g/mol. The van der Waals surface area contributed by atoms with E-state index in [0.717, 1.165) is 58.8 Å². The van der Waals surface area contributed by atoms with Crippen molar-refractivity contribution in [1.82, 2.24) is 15.1 Å². The van der Waals surface area contributed by atoms with E-state index in [1.54, 1.807) is 0 Å². The SMILES string of the molecule is CC1CN(C(=O)C2CCCN2)CC1N1CCOCC1. The molecule has 1 N–H and O–H groups in total. The summed E-state index contributed by atoms with van der Waals surface area (Å²) in [6.45, 7) is 8.78. The number of amides is 1. The van der Waals surface area contributed by atoms with Crippen LogP contribution in [0.1, 0.15) is 19.8 Å². The summed E-state index contributed by atoms with van der Waals surface area (Å²) in [6.07, 6.45) is 2.14. The van der Waals surface area contributed by atoms with Crippen molar-refractivity contribution < 1.29 is 9.53 Å². The quantitative estimate of drug-likeness (QED) is 0.760. The van der Waals surface area contributed by atoms with Gasteiger partial charge in [0, 0.05) is 32.2 Å². The minimum Gasteiger partial charge on any atom is -0.379 e. The Bertz CT molecular complexity index is 325. The monoisotopic (exact) mass is 267 g/mol. The van der Waals surface area contributed by atoms with Crippen molar-refractivity contribution in [2.75, 3.05) is 45.9 Å². The van der Waals surface area contributed by atoms with Crippen LogP contribution in [0.2, 0.25) is 0 Å². The van der Waals surface area contributed by atoms with Gasteiger partial charge in [0.25, 0.3) is 0 Å². The fourth-order valence-electron chi connectivity index (χ4n) is 3.63. The van der Waals surface area contributed by atoms with E-state index in [0.29, 0.717) is 17.9 Å². The van der Waals surface area contributed by atoms with Crippen LogP contribution in [0.3, 0.4) is 0 Å². The zero-order valence-corrected chi connectivity index (χ0v) is 11.8. The van der Waals surface area contributed by atoms with Crippen LogP contribution in [0.25, 0.3) is 0 Å². The minimum absolute atomic E-state index is 0.0793. The van der Waals surface area contributed by atoms with E-state index in [2.05, 4.69) is 22.0 Å². The zero-order valence-electron chi connectivity index (χ0n) is 11.8. The molecule has 0 aromatic heterocycles. The third kappa shape index (κ3) is 2.78. The van der Waals surface area contributed by atoms with Crippen molar-refractivity contribution in [3.8, 4) is 0 Å². The lowest BCUT2D eigenvalue weighted by atomic mass is 10.0. The third-order valence-corrected chi connectivity index (χ3v) is 4.76. The molecule has 0 aliphatic carbocycles. The van der Waals surface area contributed by atoms with Gasteiger partial charge in [-0.15, -0.1) is 0 Å². The molecule has 3 aliphatic rings. The predicted molar refractivity (Wildman–Crippen MR) is 72.9 cm³/mol. The first-order chi connectivity index (χ1) is 9.25. The summed E-state index contributed by atoms with van der Waals surface area (Å²) in [4.78, 5) is 17.0. The van der Waals surface area contributed by atoms with E-state index in [-0.39, 0.29) is 6.04 Å². The average Bonchev–Trinajstić information content (AvgIpc) is 3.08. The zero-order chi connectivity index (χ0) is 13.2. The lowest BCUT2D eigenvalue weighted by Gasteiger charge is -2.34. The summed E-state index contributed by atoms with van der Waals surface area (Å²) >= 11 is 0. The maximum atomic E-state index is 12.4. The molecule has 3 heterocycles. The van der Waals surface area contributed by atoms with E-state index >= 15 is 0 Å². The van der Waals surface area contributed by atoms with Gasteiger partial charge in [0.1, 0.15) is 0 Å². The first-order valence-corrected chi connectivity index (χ1v) is 7.59. The molecule has 3 atom stereocenters. The van der Waals surface area contributed by atoms with Gasteiger partial charge in [-0.3, -0.25) is 9.69 Å². The molecule has 3 rings (SSSR count). The van der Waals surface area contributed by atoms with Crippen molar-refractivity contribution in [2.45, 2.75) is 31.8 Å². The highest BCUT2D eigenvalue weighted by Crippen LogP contribution is 2.24. The fraction of sp³-hybridized carbons (Fsp3) is 0.929. The van der Waals surface area contributed by atoms with E-state index < -0.39 is 0 Å². The second-order valence-corrected chi connectivity index (χ2v) is 6.09. The summed E-state index contributed by atoms with van der Waals surface area (Å²) in [5.74, 6) is 0.892. The molecule has 0 aromatic carbocycles. The summed E-state index contributed by atoms with van der Waals surface area (Å²) in [5, 5.41) is 3.32. The molecule has 0 spiro atoms. The number of carbonyl (C=O) groups is 1. The van der Waals surface area contributed by atoms with E-state index in [1.165, 1.54) is 0 Å². The molecule has 3 aliphatic heterocycles. The molecule has 0 aromatic rings. The Kier molecular flexibility index (Phi) is 4.05. The second kappa shape index (κ2) is 5.77. The maximum absolute atomic E-state index is 12.4. The first kappa shape index (κ1) is 13.3. The Labute approximate surface area is 115 Å². The number of nitrogens with zero attached hydrogens (tertiary/aromatic N) is 2. The summed E-state index contributed by atoms with van der Waals surface area (Å²) in [6, 6.07) is 0.602. The molecule has 108 valence electrons. The smallest absolute Gasteiger partial charge is 0.239 e. The van der Waals surface area contributed by atoms with Crippen LogP contribution < -0.4 is 5.32 Å². The van der Waals surface area contributed by atoms with Gasteiger partial charge in [-0.25, -0.2) is 0 Å². The van der Waals surface area contributed by atoms with Crippen LogP contribution in [0.15, 0.2) is 0 Å². The van der Waals surface area contributed by atoms with Crippen molar-refractivity contribution in [2.24, 2.45) is 5.92 Å². The highest BCUT2D eigenvalue weighted by Gasteiger charge is 2.38. The van der Waals surface area contributed by atoms with Gasteiger partial charge in [0.2, 0.25) is 5.91 Å². The van der Waals surface area contributed by atoms with Crippen molar-refractivity contribution >= 4 is 5.91 Å². The third-order valence-electron chi connectivity index (χ3n) is 4.76.